The molecule has 5 nitrogen and oxygen atoms in total. The molecule has 1 aliphatic rings. The quantitative estimate of drug-likeness (QED) is 0.725. The van der Waals surface area contributed by atoms with E-state index < -0.39 is 0 Å². The number of nitriles is 1. The molecule has 0 N–H and O–H groups in total. The molecule has 0 amide bonds. The SMILES string of the molecule is N#Cc1ccc2nc(-c3ccc(Cl)cc3)c(CN3CCOCC3)n2c1. The number of hydrogen-bond acceptors (Lipinski definition) is 4. The summed E-state index contributed by atoms with van der Waals surface area (Å²) in [6, 6.07) is 13.6. The lowest BCUT2D eigenvalue weighted by Crippen LogP contribution is -2.36. The van der Waals surface area contributed by atoms with Gasteiger partial charge in [-0.1, -0.05) is 23.7 Å². The average Bonchev–Trinajstić information content (AvgIpc) is 3.01. The molecule has 3 heterocycles. The number of nitrogens with zero attached hydrogens (tertiary/aromatic N) is 4. The molecular weight excluding hydrogens is 336 g/mol. The Hall–Kier alpha value is -2.39. The molecule has 0 radical (unpaired) electrons. The van der Waals surface area contributed by atoms with Crippen molar-refractivity contribution in [3.8, 4) is 17.3 Å². The minimum atomic E-state index is 0.621. The van der Waals surface area contributed by atoms with Crippen LogP contribution in [-0.2, 0) is 11.3 Å². The summed E-state index contributed by atoms with van der Waals surface area (Å²) in [4.78, 5) is 7.16. The van der Waals surface area contributed by atoms with Crippen LogP contribution < -0.4 is 0 Å². The predicted molar refractivity (Wildman–Crippen MR) is 96.4 cm³/mol. The number of pyridine rings is 1. The first-order valence-corrected chi connectivity index (χ1v) is 8.59. The third kappa shape index (κ3) is 3.24. The van der Waals surface area contributed by atoms with Gasteiger partial charge in [-0.15, -0.1) is 0 Å². The van der Waals surface area contributed by atoms with Crippen LogP contribution in [0, 0.1) is 11.3 Å². The number of hydrogen-bond donors (Lipinski definition) is 0. The van der Waals surface area contributed by atoms with Crippen molar-refractivity contribution in [2.45, 2.75) is 6.54 Å². The van der Waals surface area contributed by atoms with Crippen molar-refractivity contribution in [2.75, 3.05) is 26.3 Å². The molecular formula is C19H17ClN4O. The molecule has 0 aliphatic carbocycles. The number of rotatable bonds is 3. The maximum atomic E-state index is 9.24. The largest absolute Gasteiger partial charge is 0.379 e. The van der Waals surface area contributed by atoms with E-state index in [1.165, 1.54) is 0 Å². The zero-order chi connectivity index (χ0) is 17.2. The Morgan fingerprint density at radius 3 is 2.60 bits per heavy atom. The standard InChI is InChI=1S/C19H17ClN4O/c20-16-4-2-15(3-5-16)19-17(13-23-7-9-25-10-8-23)24-12-14(11-21)1-6-18(24)22-19/h1-6,12H,7-10,13H2. The highest BCUT2D eigenvalue weighted by Gasteiger charge is 2.19. The first kappa shape index (κ1) is 16.1. The van der Waals surface area contributed by atoms with Gasteiger partial charge < -0.3 is 9.14 Å². The van der Waals surface area contributed by atoms with Crippen LogP contribution in [0.15, 0.2) is 42.6 Å². The number of morpholine rings is 1. The van der Waals surface area contributed by atoms with Crippen LogP contribution in [0.2, 0.25) is 5.02 Å². The van der Waals surface area contributed by atoms with Crippen molar-refractivity contribution in [1.82, 2.24) is 14.3 Å². The second-order valence-electron chi connectivity index (χ2n) is 6.06. The Bertz CT molecular complexity index is 936. The van der Waals surface area contributed by atoms with Gasteiger partial charge in [0, 0.05) is 36.4 Å². The fraction of sp³-hybridized carbons (Fsp3) is 0.263. The van der Waals surface area contributed by atoms with Gasteiger partial charge in [0.2, 0.25) is 0 Å². The summed E-state index contributed by atoms with van der Waals surface area (Å²) in [6.07, 6.45) is 1.86. The summed E-state index contributed by atoms with van der Waals surface area (Å²) in [5, 5.41) is 9.94. The predicted octanol–water partition coefficient (Wildman–Crippen LogP) is 3.36. The van der Waals surface area contributed by atoms with Gasteiger partial charge in [-0.25, -0.2) is 4.98 Å². The van der Waals surface area contributed by atoms with Gasteiger partial charge in [0.1, 0.15) is 11.7 Å². The summed E-state index contributed by atoms with van der Waals surface area (Å²) in [7, 11) is 0. The van der Waals surface area contributed by atoms with E-state index in [9.17, 15) is 5.26 Å². The number of benzene rings is 1. The lowest BCUT2D eigenvalue weighted by Gasteiger charge is -2.26. The monoisotopic (exact) mass is 352 g/mol. The van der Waals surface area contributed by atoms with Crippen LogP contribution in [-0.4, -0.2) is 40.6 Å². The van der Waals surface area contributed by atoms with E-state index in [-0.39, 0.29) is 0 Å². The molecule has 2 aromatic heterocycles. The van der Waals surface area contributed by atoms with Crippen molar-refractivity contribution in [2.24, 2.45) is 0 Å². The van der Waals surface area contributed by atoms with E-state index >= 15 is 0 Å². The van der Waals surface area contributed by atoms with Gasteiger partial charge in [-0.3, -0.25) is 4.90 Å². The smallest absolute Gasteiger partial charge is 0.137 e. The fourth-order valence-electron chi connectivity index (χ4n) is 3.12. The van der Waals surface area contributed by atoms with E-state index in [1.807, 2.05) is 40.9 Å². The molecule has 4 rings (SSSR count). The number of fused-ring (bicyclic) bond motifs is 1. The van der Waals surface area contributed by atoms with Crippen molar-refractivity contribution in [3.63, 3.8) is 0 Å². The summed E-state index contributed by atoms with van der Waals surface area (Å²) >= 11 is 6.03. The minimum Gasteiger partial charge on any atom is -0.379 e. The molecule has 1 saturated heterocycles. The Morgan fingerprint density at radius 2 is 1.88 bits per heavy atom. The number of aromatic nitrogens is 2. The lowest BCUT2D eigenvalue weighted by atomic mass is 10.1. The summed E-state index contributed by atoms with van der Waals surface area (Å²) < 4.78 is 7.47. The molecule has 0 saturated carbocycles. The molecule has 3 aromatic rings. The highest BCUT2D eigenvalue weighted by molar-refractivity contribution is 6.30. The Morgan fingerprint density at radius 1 is 1.12 bits per heavy atom. The van der Waals surface area contributed by atoms with Crippen LogP contribution in [0.3, 0.4) is 0 Å². The molecule has 6 heteroatoms. The van der Waals surface area contributed by atoms with E-state index in [1.54, 1.807) is 6.07 Å². The van der Waals surface area contributed by atoms with E-state index in [0.717, 1.165) is 55.4 Å². The Kier molecular flexibility index (Phi) is 4.41. The molecule has 126 valence electrons. The Balaban J connectivity index is 1.83. The van der Waals surface area contributed by atoms with Crippen LogP contribution in [0.1, 0.15) is 11.3 Å². The number of halogens is 1. The molecule has 1 aliphatic heterocycles. The molecule has 0 spiro atoms. The molecule has 1 aromatic carbocycles. The van der Waals surface area contributed by atoms with Crippen molar-refractivity contribution in [3.05, 3.63) is 58.9 Å². The topological polar surface area (TPSA) is 53.6 Å². The summed E-state index contributed by atoms with van der Waals surface area (Å²) in [6.45, 7) is 4.04. The average molecular weight is 353 g/mol. The second-order valence-corrected chi connectivity index (χ2v) is 6.50. The van der Waals surface area contributed by atoms with Crippen LogP contribution in [0.25, 0.3) is 16.9 Å². The minimum absolute atomic E-state index is 0.621. The summed E-state index contributed by atoms with van der Waals surface area (Å²) in [5.41, 5.74) is 4.49. The molecule has 1 fully saturated rings. The maximum absolute atomic E-state index is 9.24. The summed E-state index contributed by atoms with van der Waals surface area (Å²) in [5.74, 6) is 0. The first-order chi connectivity index (χ1) is 12.2. The fourth-order valence-corrected chi connectivity index (χ4v) is 3.25. The van der Waals surface area contributed by atoms with Crippen molar-refractivity contribution < 1.29 is 4.74 Å². The van der Waals surface area contributed by atoms with Crippen molar-refractivity contribution in [1.29, 1.82) is 5.26 Å². The van der Waals surface area contributed by atoms with Crippen LogP contribution in [0.4, 0.5) is 0 Å². The third-order valence-corrected chi connectivity index (χ3v) is 4.69. The normalized spacial score (nSPS) is 15.4. The third-order valence-electron chi connectivity index (χ3n) is 4.44. The van der Waals surface area contributed by atoms with Crippen LogP contribution >= 0.6 is 11.6 Å². The molecule has 0 atom stereocenters. The van der Waals surface area contributed by atoms with Gasteiger partial charge in [-0.2, -0.15) is 5.26 Å². The highest BCUT2D eigenvalue weighted by Crippen LogP contribution is 2.27. The van der Waals surface area contributed by atoms with E-state index in [4.69, 9.17) is 21.3 Å². The molecule has 0 unspecified atom stereocenters. The van der Waals surface area contributed by atoms with Gasteiger partial charge in [-0.05, 0) is 24.3 Å². The van der Waals surface area contributed by atoms with Gasteiger partial charge >= 0.3 is 0 Å². The van der Waals surface area contributed by atoms with E-state index in [0.29, 0.717) is 10.6 Å². The first-order valence-electron chi connectivity index (χ1n) is 8.22. The molecule has 25 heavy (non-hydrogen) atoms. The maximum Gasteiger partial charge on any atom is 0.137 e. The van der Waals surface area contributed by atoms with Gasteiger partial charge in [0.15, 0.2) is 0 Å². The van der Waals surface area contributed by atoms with E-state index in [2.05, 4.69) is 11.0 Å². The lowest BCUT2D eigenvalue weighted by molar-refractivity contribution is 0.0336. The Labute approximate surface area is 151 Å². The van der Waals surface area contributed by atoms with Crippen molar-refractivity contribution >= 4 is 17.2 Å². The van der Waals surface area contributed by atoms with Gasteiger partial charge in [0.05, 0.1) is 30.2 Å². The van der Waals surface area contributed by atoms with Crippen LogP contribution in [0.5, 0.6) is 0 Å². The number of imidazole rings is 1. The number of ether oxygens (including phenoxy) is 1. The zero-order valence-corrected chi connectivity index (χ0v) is 14.4. The second kappa shape index (κ2) is 6.85. The zero-order valence-electron chi connectivity index (χ0n) is 13.7. The highest BCUT2D eigenvalue weighted by atomic mass is 35.5. The van der Waals surface area contributed by atoms with Gasteiger partial charge in [0.25, 0.3) is 0 Å². The molecule has 0 bridgehead atoms.